The summed E-state index contributed by atoms with van der Waals surface area (Å²) < 4.78 is 37.3. The second kappa shape index (κ2) is 14.4. The van der Waals surface area contributed by atoms with E-state index in [-0.39, 0.29) is 24.1 Å². The molecule has 1 aromatic heterocycles. The van der Waals surface area contributed by atoms with Crippen molar-refractivity contribution in [3.8, 4) is 17.0 Å². The first-order valence-electron chi connectivity index (χ1n) is 15.1. The van der Waals surface area contributed by atoms with Gasteiger partial charge in [0, 0.05) is 12.0 Å². The van der Waals surface area contributed by atoms with E-state index in [4.69, 9.17) is 28.2 Å². The molecule has 240 valence electrons. The Balaban J connectivity index is 2.10. The van der Waals surface area contributed by atoms with Crippen LogP contribution in [0.15, 0.2) is 60.8 Å². The van der Waals surface area contributed by atoms with Crippen LogP contribution in [0.1, 0.15) is 66.6 Å². The molecule has 0 aliphatic carbocycles. The molecule has 11 heteroatoms. The highest BCUT2D eigenvalue weighted by Gasteiger charge is 2.44. The molecule has 0 spiro atoms. The maximum atomic E-state index is 14.0. The Morgan fingerprint density at radius 1 is 0.955 bits per heavy atom. The molecule has 44 heavy (non-hydrogen) atoms. The number of carbonyl (C=O) groups excluding carboxylic acids is 1. The summed E-state index contributed by atoms with van der Waals surface area (Å²) >= 11 is 0. The summed E-state index contributed by atoms with van der Waals surface area (Å²) in [5.41, 5.74) is 2.18. The molecule has 9 nitrogen and oxygen atoms in total. The highest BCUT2D eigenvalue weighted by Crippen LogP contribution is 2.53. The Hall–Kier alpha value is -3.04. The number of ether oxygens (including phenoxy) is 1. The first-order valence-corrected chi connectivity index (χ1v) is 19.6. The normalized spacial score (nSPS) is 13.3. The average molecular weight is 642 g/mol. The zero-order chi connectivity index (χ0) is 32.8. The molecule has 1 atom stereocenters. The third-order valence-electron chi connectivity index (χ3n) is 7.21. The van der Waals surface area contributed by atoms with E-state index in [9.17, 15) is 9.36 Å². The molecule has 0 saturated carbocycles. The standard InChI is InChI=1S/C33H48N3O6PSi/c1-11-39-43(38,40-12-2)30(31(37)41-32(3,4)5)36-29-27(21-24-17-14-13-15-18-24)35-28(23-34-29)25-19-16-20-26(22-25)42-44(9,10)33(6,7)8/h13-20,22-23,30H,11-12,21H2,1-10H3,(H,34,36). The summed E-state index contributed by atoms with van der Waals surface area (Å²) in [4.78, 5) is 23.2. The van der Waals surface area contributed by atoms with Gasteiger partial charge in [-0.2, -0.15) is 0 Å². The Morgan fingerprint density at radius 3 is 2.16 bits per heavy atom. The average Bonchev–Trinajstić information content (AvgIpc) is 2.91. The van der Waals surface area contributed by atoms with Crippen molar-refractivity contribution in [3.05, 3.63) is 72.1 Å². The van der Waals surface area contributed by atoms with Crippen LogP contribution in [0.2, 0.25) is 18.1 Å². The predicted molar refractivity (Wildman–Crippen MR) is 179 cm³/mol. The summed E-state index contributed by atoms with van der Waals surface area (Å²) in [6, 6.07) is 17.7. The molecule has 0 aliphatic heterocycles. The monoisotopic (exact) mass is 641 g/mol. The number of carbonyl (C=O) groups is 1. The summed E-state index contributed by atoms with van der Waals surface area (Å²) in [6.07, 6.45) is 2.03. The molecule has 0 aliphatic rings. The van der Waals surface area contributed by atoms with Crippen molar-refractivity contribution < 1.29 is 27.6 Å². The third-order valence-corrected chi connectivity index (χ3v) is 13.8. The van der Waals surface area contributed by atoms with Crippen molar-refractivity contribution in [2.24, 2.45) is 0 Å². The van der Waals surface area contributed by atoms with E-state index in [1.165, 1.54) is 0 Å². The van der Waals surface area contributed by atoms with Gasteiger partial charge >= 0.3 is 13.6 Å². The zero-order valence-corrected chi connectivity index (χ0v) is 29.7. The molecule has 0 bridgehead atoms. The number of hydrogen-bond acceptors (Lipinski definition) is 9. The summed E-state index contributed by atoms with van der Waals surface area (Å²) in [5, 5.41) is 3.11. The molecule has 3 rings (SSSR count). The van der Waals surface area contributed by atoms with Crippen LogP contribution in [0.5, 0.6) is 5.75 Å². The summed E-state index contributed by atoms with van der Waals surface area (Å²) in [6.45, 7) is 19.8. The van der Waals surface area contributed by atoms with Crippen LogP contribution < -0.4 is 9.74 Å². The zero-order valence-electron chi connectivity index (χ0n) is 27.8. The molecule has 3 aromatic rings. The minimum Gasteiger partial charge on any atom is -0.543 e. The van der Waals surface area contributed by atoms with Crippen molar-refractivity contribution >= 4 is 27.7 Å². The van der Waals surface area contributed by atoms with Crippen LogP contribution in [0.25, 0.3) is 11.3 Å². The van der Waals surface area contributed by atoms with Gasteiger partial charge in [-0.05, 0) is 70.4 Å². The maximum absolute atomic E-state index is 14.0. The molecular formula is C33H48N3O6PSi. The Kier molecular flexibility index (Phi) is 11.6. The summed E-state index contributed by atoms with van der Waals surface area (Å²) in [5.74, 6) is -1.17. The predicted octanol–water partition coefficient (Wildman–Crippen LogP) is 8.46. The number of anilines is 1. The lowest BCUT2D eigenvalue weighted by atomic mass is 10.1. The quantitative estimate of drug-likeness (QED) is 0.112. The van der Waals surface area contributed by atoms with Crippen LogP contribution in [0.3, 0.4) is 0 Å². The maximum Gasteiger partial charge on any atom is 0.364 e. The number of benzene rings is 2. The van der Waals surface area contributed by atoms with Gasteiger partial charge in [-0.15, -0.1) is 0 Å². The summed E-state index contributed by atoms with van der Waals surface area (Å²) in [7, 11) is -6.07. The van der Waals surface area contributed by atoms with Gasteiger partial charge < -0.3 is 23.5 Å². The van der Waals surface area contributed by atoms with Gasteiger partial charge in [-0.1, -0.05) is 63.2 Å². The van der Waals surface area contributed by atoms with Gasteiger partial charge in [-0.25, -0.2) is 14.8 Å². The molecule has 0 radical (unpaired) electrons. The van der Waals surface area contributed by atoms with E-state index >= 15 is 0 Å². The molecule has 0 fully saturated rings. The van der Waals surface area contributed by atoms with E-state index in [0.717, 1.165) is 16.9 Å². The molecule has 2 aromatic carbocycles. The Morgan fingerprint density at radius 2 is 1.59 bits per heavy atom. The lowest BCUT2D eigenvalue weighted by molar-refractivity contribution is -0.154. The first kappa shape index (κ1) is 35.4. The molecule has 0 amide bonds. The lowest BCUT2D eigenvalue weighted by Crippen LogP contribution is -2.43. The minimum atomic E-state index is -4.02. The second-order valence-electron chi connectivity index (χ2n) is 13.1. The van der Waals surface area contributed by atoms with Crippen molar-refractivity contribution in [2.75, 3.05) is 18.5 Å². The molecule has 1 unspecified atom stereocenters. The molecule has 1 N–H and O–H groups in total. The lowest BCUT2D eigenvalue weighted by Gasteiger charge is -2.36. The van der Waals surface area contributed by atoms with E-state index in [0.29, 0.717) is 17.8 Å². The molecule has 0 saturated heterocycles. The van der Waals surface area contributed by atoms with Gasteiger partial charge in [0.25, 0.3) is 0 Å². The van der Waals surface area contributed by atoms with E-state index in [1.54, 1.807) is 40.8 Å². The Bertz CT molecular complexity index is 1440. The number of hydrogen-bond donors (Lipinski definition) is 1. The molecule has 1 heterocycles. The largest absolute Gasteiger partial charge is 0.543 e. The number of aromatic nitrogens is 2. The van der Waals surface area contributed by atoms with Crippen LogP contribution in [-0.4, -0.2) is 48.9 Å². The van der Waals surface area contributed by atoms with Gasteiger partial charge in [0.1, 0.15) is 17.2 Å². The van der Waals surface area contributed by atoms with Gasteiger partial charge in [-0.3, -0.25) is 4.57 Å². The fourth-order valence-corrected chi connectivity index (χ4v) is 6.77. The van der Waals surface area contributed by atoms with E-state index < -0.39 is 33.3 Å². The Labute approximate surface area is 263 Å². The fourth-order valence-electron chi connectivity index (χ4n) is 4.07. The fraction of sp³-hybridized carbons (Fsp3) is 0.485. The number of nitrogens with zero attached hydrogens (tertiary/aromatic N) is 2. The van der Waals surface area contributed by atoms with Crippen molar-refractivity contribution in [3.63, 3.8) is 0 Å². The van der Waals surface area contributed by atoms with Gasteiger partial charge in [0.2, 0.25) is 14.1 Å². The van der Waals surface area contributed by atoms with Gasteiger partial charge in [0.05, 0.1) is 30.8 Å². The van der Waals surface area contributed by atoms with Crippen LogP contribution in [0.4, 0.5) is 5.82 Å². The SMILES string of the molecule is CCOP(=O)(OCC)C(Nc1ncc(-c2cccc(O[Si](C)(C)C(C)(C)C)c2)nc1Cc1ccccc1)C(=O)OC(C)(C)C. The van der Waals surface area contributed by atoms with E-state index in [2.05, 4.69) is 39.2 Å². The topological polar surface area (TPSA) is 109 Å². The van der Waals surface area contributed by atoms with Crippen molar-refractivity contribution in [2.45, 2.75) is 91.3 Å². The highest BCUT2D eigenvalue weighted by molar-refractivity contribution is 7.55. The van der Waals surface area contributed by atoms with Gasteiger partial charge in [0.15, 0.2) is 0 Å². The van der Waals surface area contributed by atoms with Crippen molar-refractivity contribution in [1.29, 1.82) is 0 Å². The van der Waals surface area contributed by atoms with Crippen molar-refractivity contribution in [1.82, 2.24) is 9.97 Å². The number of rotatable bonds is 13. The van der Waals surface area contributed by atoms with E-state index in [1.807, 2.05) is 54.6 Å². The number of nitrogens with one attached hydrogen (secondary N) is 1. The van der Waals surface area contributed by atoms with Crippen LogP contribution in [0, 0.1) is 0 Å². The number of esters is 1. The highest BCUT2D eigenvalue weighted by atomic mass is 31.2. The van der Waals surface area contributed by atoms with Crippen LogP contribution >= 0.6 is 7.60 Å². The smallest absolute Gasteiger partial charge is 0.364 e. The molecular weight excluding hydrogens is 593 g/mol. The van der Waals surface area contributed by atoms with Crippen LogP contribution in [-0.2, 0) is 29.6 Å². The second-order valence-corrected chi connectivity index (χ2v) is 19.9. The third kappa shape index (κ3) is 9.48. The first-order chi connectivity index (χ1) is 20.5. The minimum absolute atomic E-state index is 0.0477.